The number of ether oxygens (including phenoxy) is 1. The summed E-state index contributed by atoms with van der Waals surface area (Å²) < 4.78 is 6.64. The molecule has 7 heteroatoms. The summed E-state index contributed by atoms with van der Waals surface area (Å²) >= 11 is 12.6. The highest BCUT2D eigenvalue weighted by molar-refractivity contribution is 9.10. The lowest BCUT2D eigenvalue weighted by Gasteiger charge is -2.46. The average molecular weight is 543 g/mol. The first-order valence-corrected chi connectivity index (χ1v) is 11.0. The highest BCUT2D eigenvalue weighted by Gasteiger charge is 2.62. The second-order valence-electron chi connectivity index (χ2n) is 7.82. The molecule has 3 rings (SSSR count). The molecule has 2 aromatic rings. The zero-order valence-corrected chi connectivity index (χ0v) is 20.0. The molecule has 0 aromatic heterocycles. The van der Waals surface area contributed by atoms with Crippen molar-refractivity contribution in [2.75, 3.05) is 0 Å². The number of benzene rings is 2. The Morgan fingerprint density at radius 2 is 1.59 bits per heavy atom. The Bertz CT molecular complexity index is 969. The van der Waals surface area contributed by atoms with E-state index in [1.165, 1.54) is 6.92 Å². The van der Waals surface area contributed by atoms with Crippen molar-refractivity contribution in [1.82, 2.24) is 0 Å². The number of ketones is 2. The Morgan fingerprint density at radius 3 is 2.14 bits per heavy atom. The molecule has 1 aliphatic rings. The summed E-state index contributed by atoms with van der Waals surface area (Å²) in [6.45, 7) is 4.93. The van der Waals surface area contributed by atoms with Gasteiger partial charge in [0, 0.05) is 15.1 Å². The highest BCUT2D eigenvalue weighted by atomic mass is 79.9. The lowest BCUT2D eigenvalue weighted by molar-refractivity contribution is -0.187. The van der Waals surface area contributed by atoms with Crippen LogP contribution in [0, 0.1) is 10.8 Å². The zero-order valence-electron chi connectivity index (χ0n) is 16.0. The van der Waals surface area contributed by atoms with E-state index in [-0.39, 0.29) is 11.6 Å². The van der Waals surface area contributed by atoms with Crippen LogP contribution in [-0.4, -0.2) is 22.4 Å². The SMILES string of the molecule is CC1(C)C(=O)C(C)(C(Br)C(=O)c2ccc(Cl)cc2)C(=O)OC1c1ccc(Br)cc1. The summed E-state index contributed by atoms with van der Waals surface area (Å²) in [5.74, 6) is -1.45. The van der Waals surface area contributed by atoms with Crippen molar-refractivity contribution in [3.63, 3.8) is 0 Å². The number of rotatable bonds is 4. The van der Waals surface area contributed by atoms with Gasteiger partial charge in [0.1, 0.15) is 16.3 Å². The van der Waals surface area contributed by atoms with E-state index in [2.05, 4.69) is 31.9 Å². The standard InChI is InChI=1S/C22H19Br2ClO4/c1-21(2)18(13-4-8-14(23)9-5-13)29-20(28)22(3,19(21)27)17(24)16(26)12-6-10-15(25)11-7-12/h4-11,17-18H,1-3H3. The zero-order chi connectivity index (χ0) is 21.6. The van der Waals surface area contributed by atoms with Crippen molar-refractivity contribution >= 4 is 61.0 Å². The third kappa shape index (κ3) is 3.82. The van der Waals surface area contributed by atoms with Gasteiger partial charge in [-0.2, -0.15) is 0 Å². The molecule has 2 aromatic carbocycles. The van der Waals surface area contributed by atoms with Crippen molar-refractivity contribution in [1.29, 1.82) is 0 Å². The molecule has 3 atom stereocenters. The van der Waals surface area contributed by atoms with Crippen molar-refractivity contribution in [3.05, 3.63) is 69.2 Å². The van der Waals surface area contributed by atoms with Crippen LogP contribution in [0.15, 0.2) is 53.0 Å². The number of alkyl halides is 1. The van der Waals surface area contributed by atoms with Crippen LogP contribution in [0.1, 0.15) is 42.8 Å². The summed E-state index contributed by atoms with van der Waals surface area (Å²) in [5.41, 5.74) is -1.61. The maximum Gasteiger partial charge on any atom is 0.321 e. The summed E-state index contributed by atoms with van der Waals surface area (Å²) in [5, 5.41) is 0.491. The van der Waals surface area contributed by atoms with Gasteiger partial charge in [0.15, 0.2) is 11.6 Å². The molecule has 1 fully saturated rings. The quantitative estimate of drug-likeness (QED) is 0.207. The second-order valence-corrected chi connectivity index (χ2v) is 10.1. The lowest BCUT2D eigenvalue weighted by atomic mass is 9.64. The van der Waals surface area contributed by atoms with Gasteiger partial charge in [-0.05, 0) is 62.7 Å². The van der Waals surface area contributed by atoms with Crippen LogP contribution in [0.4, 0.5) is 0 Å². The van der Waals surface area contributed by atoms with Crippen molar-refractivity contribution in [2.24, 2.45) is 10.8 Å². The third-order valence-electron chi connectivity index (χ3n) is 5.40. The molecule has 0 spiro atoms. The monoisotopic (exact) mass is 540 g/mol. The Kier molecular flexibility index (Phi) is 6.10. The minimum atomic E-state index is -1.66. The van der Waals surface area contributed by atoms with E-state index in [9.17, 15) is 14.4 Å². The van der Waals surface area contributed by atoms with E-state index in [0.717, 1.165) is 10.0 Å². The number of hydrogen-bond acceptors (Lipinski definition) is 4. The number of hydrogen-bond donors (Lipinski definition) is 0. The van der Waals surface area contributed by atoms with Gasteiger partial charge >= 0.3 is 5.97 Å². The summed E-state index contributed by atoms with van der Waals surface area (Å²) in [4.78, 5) is 38.5. The average Bonchev–Trinajstić information content (AvgIpc) is 2.69. The van der Waals surface area contributed by atoms with Gasteiger partial charge in [-0.15, -0.1) is 0 Å². The van der Waals surface area contributed by atoms with Crippen LogP contribution in [0.5, 0.6) is 0 Å². The summed E-state index contributed by atoms with van der Waals surface area (Å²) in [6.07, 6.45) is -0.742. The molecule has 0 radical (unpaired) electrons. The number of halogens is 3. The minimum absolute atomic E-state index is 0.349. The van der Waals surface area contributed by atoms with Crippen molar-refractivity contribution < 1.29 is 19.1 Å². The van der Waals surface area contributed by atoms with E-state index < -0.39 is 27.7 Å². The van der Waals surface area contributed by atoms with Crippen LogP contribution in [0.2, 0.25) is 5.02 Å². The molecule has 0 bridgehead atoms. The van der Waals surface area contributed by atoms with E-state index in [4.69, 9.17) is 16.3 Å². The van der Waals surface area contributed by atoms with Crippen LogP contribution < -0.4 is 0 Å². The molecule has 1 saturated heterocycles. The molecule has 0 saturated carbocycles. The van der Waals surface area contributed by atoms with Crippen molar-refractivity contribution in [2.45, 2.75) is 31.7 Å². The predicted octanol–water partition coefficient (Wildman–Crippen LogP) is 5.95. The van der Waals surface area contributed by atoms with E-state index in [0.29, 0.717) is 10.6 Å². The van der Waals surface area contributed by atoms with Gasteiger partial charge in [0.2, 0.25) is 0 Å². The molecule has 0 amide bonds. The fourth-order valence-corrected chi connectivity index (χ4v) is 4.67. The molecule has 3 unspecified atom stereocenters. The fourth-order valence-electron chi connectivity index (χ4n) is 3.62. The lowest BCUT2D eigenvalue weighted by Crippen LogP contribution is -2.59. The van der Waals surface area contributed by atoms with E-state index in [1.807, 2.05) is 24.3 Å². The van der Waals surface area contributed by atoms with Gasteiger partial charge in [-0.3, -0.25) is 14.4 Å². The van der Waals surface area contributed by atoms with E-state index >= 15 is 0 Å². The van der Waals surface area contributed by atoms with Crippen LogP contribution in [0.25, 0.3) is 0 Å². The molecule has 29 heavy (non-hydrogen) atoms. The highest BCUT2D eigenvalue weighted by Crippen LogP contribution is 2.50. The third-order valence-corrected chi connectivity index (χ3v) is 7.51. The Morgan fingerprint density at radius 1 is 1.03 bits per heavy atom. The normalized spacial score (nSPS) is 24.7. The van der Waals surface area contributed by atoms with E-state index in [1.54, 1.807) is 38.1 Å². The molecular weight excluding hydrogens is 523 g/mol. The van der Waals surface area contributed by atoms with Gasteiger partial charge < -0.3 is 4.74 Å². The number of carbonyl (C=O) groups is 3. The number of esters is 1. The second kappa shape index (κ2) is 7.97. The number of cyclic esters (lactones) is 1. The molecular formula is C22H19Br2ClO4. The number of carbonyl (C=O) groups excluding carboxylic acids is 3. The molecule has 152 valence electrons. The first-order valence-electron chi connectivity index (χ1n) is 8.95. The molecule has 0 N–H and O–H groups in total. The van der Waals surface area contributed by atoms with Crippen LogP contribution in [-0.2, 0) is 14.3 Å². The maximum atomic E-state index is 13.5. The van der Waals surface area contributed by atoms with Gasteiger partial charge in [0.05, 0.1) is 5.41 Å². The smallest absolute Gasteiger partial charge is 0.321 e. The molecule has 0 aliphatic carbocycles. The predicted molar refractivity (Wildman–Crippen MR) is 118 cm³/mol. The Balaban J connectivity index is 1.97. The fraction of sp³-hybridized carbons (Fsp3) is 0.318. The van der Waals surface area contributed by atoms with Gasteiger partial charge in [0.25, 0.3) is 0 Å². The summed E-state index contributed by atoms with van der Waals surface area (Å²) in [6, 6.07) is 13.6. The van der Waals surface area contributed by atoms with Crippen LogP contribution in [0.3, 0.4) is 0 Å². The molecule has 1 heterocycles. The van der Waals surface area contributed by atoms with Gasteiger partial charge in [-0.25, -0.2) is 0 Å². The summed E-state index contributed by atoms with van der Waals surface area (Å²) in [7, 11) is 0. The Labute approximate surface area is 191 Å². The van der Waals surface area contributed by atoms with Gasteiger partial charge in [-0.1, -0.05) is 55.6 Å². The molecule has 1 aliphatic heterocycles. The number of Topliss-reactive ketones (excluding diaryl/α,β-unsaturated/α-hetero) is 2. The Hall–Kier alpha value is -1.50. The topological polar surface area (TPSA) is 60.4 Å². The van der Waals surface area contributed by atoms with Crippen molar-refractivity contribution in [3.8, 4) is 0 Å². The first-order chi connectivity index (χ1) is 13.5. The molecule has 4 nitrogen and oxygen atoms in total. The minimum Gasteiger partial charge on any atom is -0.456 e. The van der Waals surface area contributed by atoms with Crippen LogP contribution >= 0.6 is 43.5 Å². The maximum absolute atomic E-state index is 13.5. The largest absolute Gasteiger partial charge is 0.456 e. The first kappa shape index (κ1) is 22.2.